The zero-order valence-electron chi connectivity index (χ0n) is 36.8. The van der Waals surface area contributed by atoms with Gasteiger partial charge in [0.15, 0.2) is 23.2 Å². The highest BCUT2D eigenvalue weighted by Crippen LogP contribution is 2.49. The first kappa shape index (κ1) is 43.0. The highest BCUT2D eigenvalue weighted by Gasteiger charge is 2.57. The Bertz CT molecular complexity index is 2750. The minimum Gasteiger partial charge on any atom is -0.497 e. The summed E-state index contributed by atoms with van der Waals surface area (Å²) in [6.45, 7) is 2.08. The zero-order chi connectivity index (χ0) is 45.1. The lowest BCUT2D eigenvalue weighted by Crippen LogP contribution is -2.55. The van der Waals surface area contributed by atoms with Crippen LogP contribution in [0.4, 0.5) is 5.82 Å². The summed E-state index contributed by atoms with van der Waals surface area (Å²) in [5, 5.41) is 30.1. The topological polar surface area (TPSA) is 136 Å². The smallest absolute Gasteiger partial charge is 0.167 e. The lowest BCUT2D eigenvalue weighted by atomic mass is 9.64. The maximum absolute atomic E-state index is 13.4. The van der Waals surface area contributed by atoms with Crippen molar-refractivity contribution in [1.29, 1.82) is 0 Å². The highest BCUT2D eigenvalue weighted by atomic mass is 16.5. The third-order valence-corrected chi connectivity index (χ3v) is 13.4. The quantitative estimate of drug-likeness (QED) is 0.0933. The van der Waals surface area contributed by atoms with Gasteiger partial charge in [-0.2, -0.15) is 0 Å². The van der Waals surface area contributed by atoms with E-state index < -0.39 is 41.5 Å². The number of hydrogen-bond acceptors (Lipinski definition) is 11. The number of fused-ring (bicyclic) bond motifs is 1. The Hall–Kier alpha value is -6.93. The first-order valence-electron chi connectivity index (χ1n) is 22.3. The van der Waals surface area contributed by atoms with Crippen LogP contribution in [0.1, 0.15) is 39.6 Å². The van der Waals surface area contributed by atoms with Gasteiger partial charge in [0.25, 0.3) is 0 Å². The standard InChI is InChI=1S/C54H52N6O6/c1-63-43-27-23-39(24-28-43)53(37-15-7-3-8-16-37,38-17-9-4-10-18-38)49(62)48-47(61)46(59-31-33-65-34-32-59)52(66-48)60-36-57-45-50(55-35-56-51(45)60)58-54(40-19-11-5-12-20-40,41-21-13-6-14-22-41)42-25-29-44(64-2)30-26-42/h3-30,35-36,46-49,52,61-62H,31-34H2,1-2H3,(H,55,56,58)/t46?,47-,48-,49?,52+/m0/s1. The Labute approximate surface area is 384 Å². The van der Waals surface area contributed by atoms with Crippen LogP contribution in [0.25, 0.3) is 11.2 Å². The van der Waals surface area contributed by atoms with Crippen molar-refractivity contribution in [1.82, 2.24) is 24.4 Å². The summed E-state index contributed by atoms with van der Waals surface area (Å²) in [5.74, 6) is 1.92. The molecule has 0 aliphatic carbocycles. The Morgan fingerprint density at radius 1 is 0.621 bits per heavy atom. The van der Waals surface area contributed by atoms with E-state index in [0.717, 1.165) is 39.1 Å². The summed E-state index contributed by atoms with van der Waals surface area (Å²) < 4.78 is 26.0. The van der Waals surface area contributed by atoms with Gasteiger partial charge in [-0.05, 0) is 57.6 Å². The van der Waals surface area contributed by atoms with Crippen molar-refractivity contribution in [2.75, 3.05) is 45.8 Å². The molecule has 0 spiro atoms. The number of imidazole rings is 1. The SMILES string of the molecule is COc1ccc(C(Nc2ncnc3c2ncn3[C@@H]2O[C@H](C(O)C(c3ccccc3)(c3ccccc3)c3ccc(OC)cc3)[C@@H](O)C2N2CCOCC2)(c2ccccc2)c2ccccc2)cc1. The van der Waals surface area contributed by atoms with Crippen LogP contribution < -0.4 is 14.8 Å². The summed E-state index contributed by atoms with van der Waals surface area (Å²) in [5.41, 5.74) is 4.27. The molecule has 12 nitrogen and oxygen atoms in total. The predicted molar refractivity (Wildman–Crippen MR) is 253 cm³/mol. The van der Waals surface area contributed by atoms with Gasteiger partial charge in [0.2, 0.25) is 0 Å². The van der Waals surface area contributed by atoms with Crippen molar-refractivity contribution in [3.05, 3.63) is 216 Å². The van der Waals surface area contributed by atoms with Crippen LogP contribution in [0.15, 0.2) is 183 Å². The van der Waals surface area contributed by atoms with Gasteiger partial charge in [-0.3, -0.25) is 9.47 Å². The minimum absolute atomic E-state index is 0.486. The van der Waals surface area contributed by atoms with Gasteiger partial charge < -0.3 is 34.5 Å². The molecule has 334 valence electrons. The minimum atomic E-state index is -1.30. The van der Waals surface area contributed by atoms with Crippen LogP contribution in [0, 0.1) is 0 Å². The van der Waals surface area contributed by atoms with Gasteiger partial charge in [-0.1, -0.05) is 146 Å². The van der Waals surface area contributed by atoms with E-state index in [-0.39, 0.29) is 0 Å². The third kappa shape index (κ3) is 7.46. The fourth-order valence-electron chi connectivity index (χ4n) is 10.2. The number of nitrogens with one attached hydrogen (secondary N) is 1. The number of morpholine rings is 1. The largest absolute Gasteiger partial charge is 0.497 e. The van der Waals surface area contributed by atoms with E-state index in [1.165, 1.54) is 6.33 Å². The Morgan fingerprint density at radius 2 is 1.09 bits per heavy atom. The average Bonchev–Trinajstić information content (AvgIpc) is 3.98. The molecule has 2 fully saturated rings. The molecule has 6 aromatic carbocycles. The van der Waals surface area contributed by atoms with E-state index in [4.69, 9.17) is 33.9 Å². The molecular formula is C54H52N6O6. The van der Waals surface area contributed by atoms with Gasteiger partial charge in [0.05, 0.1) is 45.2 Å². The van der Waals surface area contributed by atoms with Crippen molar-refractivity contribution < 1.29 is 29.2 Å². The molecule has 2 aliphatic heterocycles. The van der Waals surface area contributed by atoms with Crippen molar-refractivity contribution in [2.24, 2.45) is 0 Å². The number of anilines is 1. The second kappa shape index (κ2) is 18.5. The van der Waals surface area contributed by atoms with Gasteiger partial charge in [0, 0.05) is 13.1 Å². The molecule has 2 aliphatic rings. The summed E-state index contributed by atoms with van der Waals surface area (Å²) in [7, 11) is 3.29. The Balaban J connectivity index is 1.11. The van der Waals surface area contributed by atoms with Gasteiger partial charge in [0.1, 0.15) is 41.7 Å². The number of aliphatic hydroxyl groups excluding tert-OH is 2. The van der Waals surface area contributed by atoms with Gasteiger partial charge in [-0.15, -0.1) is 0 Å². The van der Waals surface area contributed by atoms with E-state index in [1.54, 1.807) is 20.5 Å². The lowest BCUT2D eigenvalue weighted by molar-refractivity contribution is -0.0972. The van der Waals surface area contributed by atoms with Crippen molar-refractivity contribution in [3.63, 3.8) is 0 Å². The molecule has 3 N–H and O–H groups in total. The van der Waals surface area contributed by atoms with E-state index in [2.05, 4.69) is 46.6 Å². The van der Waals surface area contributed by atoms with Crippen LogP contribution in [0.2, 0.25) is 0 Å². The van der Waals surface area contributed by atoms with Crippen LogP contribution in [0.5, 0.6) is 11.5 Å². The Morgan fingerprint density at radius 3 is 1.61 bits per heavy atom. The van der Waals surface area contributed by atoms with Crippen molar-refractivity contribution >= 4 is 17.0 Å². The zero-order valence-corrected chi connectivity index (χ0v) is 36.8. The highest BCUT2D eigenvalue weighted by molar-refractivity contribution is 5.84. The molecule has 10 rings (SSSR count). The van der Waals surface area contributed by atoms with Crippen molar-refractivity contribution in [2.45, 2.75) is 41.5 Å². The van der Waals surface area contributed by atoms with Crippen LogP contribution in [-0.4, -0.2) is 99.5 Å². The number of rotatable bonds is 14. The fraction of sp³-hybridized carbons (Fsp3) is 0.241. The normalized spacial score (nSPS) is 19.6. The van der Waals surface area contributed by atoms with Gasteiger partial charge in [-0.25, -0.2) is 15.0 Å². The monoisotopic (exact) mass is 880 g/mol. The maximum Gasteiger partial charge on any atom is 0.167 e. The maximum atomic E-state index is 13.4. The van der Waals surface area contributed by atoms with Gasteiger partial charge >= 0.3 is 0 Å². The molecule has 12 heteroatoms. The predicted octanol–water partition coefficient (Wildman–Crippen LogP) is 7.60. The molecule has 0 saturated carbocycles. The Kier molecular flexibility index (Phi) is 12.1. The number of methoxy groups -OCH3 is 2. The number of nitrogens with zero attached hydrogens (tertiary/aromatic N) is 5. The first-order chi connectivity index (χ1) is 32.5. The summed E-state index contributed by atoms with van der Waals surface area (Å²) in [6, 6.07) is 55.6. The molecule has 4 heterocycles. The number of hydrogen-bond donors (Lipinski definition) is 3. The summed E-state index contributed by atoms with van der Waals surface area (Å²) >= 11 is 0. The molecule has 2 saturated heterocycles. The van der Waals surface area contributed by atoms with Crippen LogP contribution in [-0.2, 0) is 20.4 Å². The second-order valence-corrected chi connectivity index (χ2v) is 16.7. The molecule has 8 aromatic rings. The number of benzene rings is 6. The molecule has 66 heavy (non-hydrogen) atoms. The summed E-state index contributed by atoms with van der Waals surface area (Å²) in [6.07, 6.45) is -1.17. The average molecular weight is 881 g/mol. The fourth-order valence-corrected chi connectivity index (χ4v) is 10.2. The molecule has 2 aromatic heterocycles. The molecule has 5 atom stereocenters. The van der Waals surface area contributed by atoms with E-state index in [0.29, 0.717) is 49.0 Å². The molecule has 2 unspecified atom stereocenters. The number of aliphatic hydroxyl groups is 2. The lowest BCUT2D eigenvalue weighted by Gasteiger charge is -2.43. The van der Waals surface area contributed by atoms with E-state index in [1.807, 2.05) is 138 Å². The van der Waals surface area contributed by atoms with Crippen molar-refractivity contribution in [3.8, 4) is 11.5 Å². The molecule has 0 amide bonds. The second-order valence-electron chi connectivity index (χ2n) is 16.7. The number of aromatic nitrogens is 4. The third-order valence-electron chi connectivity index (χ3n) is 13.4. The van der Waals surface area contributed by atoms with E-state index >= 15 is 0 Å². The molecule has 0 radical (unpaired) electrons. The van der Waals surface area contributed by atoms with E-state index in [9.17, 15) is 10.2 Å². The first-order valence-corrected chi connectivity index (χ1v) is 22.3. The summed E-state index contributed by atoms with van der Waals surface area (Å²) in [4.78, 5) is 16.9. The van der Waals surface area contributed by atoms with Crippen LogP contribution in [0.3, 0.4) is 0 Å². The van der Waals surface area contributed by atoms with Crippen LogP contribution >= 0.6 is 0 Å². The number of ether oxygens (including phenoxy) is 4. The molecular weight excluding hydrogens is 829 g/mol. The molecule has 0 bridgehead atoms.